The molecule has 0 radical (unpaired) electrons. The number of rotatable bonds is 48. The molecule has 7 amide bonds. The minimum absolute atomic E-state index is 0.0573. The summed E-state index contributed by atoms with van der Waals surface area (Å²) in [6.07, 6.45) is 16.2. The second-order valence-corrected chi connectivity index (χ2v) is 28.2. The molecule has 0 bridgehead atoms. The number of nitrogens with one attached hydrogen (secondary N) is 5. The fraction of sp³-hybridized carbons (Fsp3) is 0.896. The van der Waals surface area contributed by atoms with E-state index in [1.807, 2.05) is 6.92 Å². The van der Waals surface area contributed by atoms with Gasteiger partial charge in [0.05, 0.1) is 6.10 Å². The lowest BCUT2D eigenvalue weighted by atomic mass is 9.95. The maximum Gasteiger partial charge on any atom is 0.411 e. The molecular formula is C67H129N7O15. The van der Waals surface area contributed by atoms with Crippen LogP contribution in [0.4, 0.5) is 19.2 Å². The summed E-state index contributed by atoms with van der Waals surface area (Å²) in [4.78, 5) is 94.5. The van der Waals surface area contributed by atoms with E-state index in [0.29, 0.717) is 71.1 Å². The van der Waals surface area contributed by atoms with Crippen LogP contribution >= 0.6 is 0 Å². The lowest BCUT2D eigenvalue weighted by Crippen LogP contribution is -2.58. The van der Waals surface area contributed by atoms with Crippen LogP contribution in [-0.2, 0) is 33.3 Å². The van der Waals surface area contributed by atoms with Gasteiger partial charge in [0.2, 0.25) is 11.8 Å². The Balaban J connectivity index is 4.93. The minimum Gasteiger partial charge on any atom is -0.444 e. The third kappa shape index (κ3) is 47.8. The Labute approximate surface area is 537 Å². The van der Waals surface area contributed by atoms with Crippen LogP contribution in [0.1, 0.15) is 283 Å². The highest BCUT2D eigenvalue weighted by molar-refractivity contribution is 5.81. The van der Waals surface area contributed by atoms with Crippen LogP contribution < -0.4 is 26.6 Å². The van der Waals surface area contributed by atoms with Gasteiger partial charge in [-0.1, -0.05) is 122 Å². The van der Waals surface area contributed by atoms with Crippen molar-refractivity contribution in [3.05, 3.63) is 0 Å². The van der Waals surface area contributed by atoms with Crippen molar-refractivity contribution in [1.82, 2.24) is 36.4 Å². The number of carbonyl (C=O) groups excluding carboxylic acids is 7. The Morgan fingerprint density at radius 2 is 0.798 bits per heavy atom. The van der Waals surface area contributed by atoms with Crippen molar-refractivity contribution < 1.29 is 72.9 Å². The van der Waals surface area contributed by atoms with Crippen LogP contribution in [0.2, 0.25) is 0 Å². The maximum atomic E-state index is 14.2. The van der Waals surface area contributed by atoms with Crippen LogP contribution in [0.25, 0.3) is 0 Å². The third-order valence-corrected chi connectivity index (χ3v) is 14.5. The second-order valence-electron chi connectivity index (χ2n) is 28.2. The number of aliphatic hydroxyl groups is 4. The Hall–Kier alpha value is -4.67. The number of aliphatic hydroxyl groups excluding tert-OH is 4. The summed E-state index contributed by atoms with van der Waals surface area (Å²) in [5.74, 6) is -1.08. The summed E-state index contributed by atoms with van der Waals surface area (Å²) < 4.78 is 23.0. The Morgan fingerprint density at radius 3 is 1.24 bits per heavy atom. The summed E-state index contributed by atoms with van der Waals surface area (Å²) in [6.45, 7) is 27.5. The van der Waals surface area contributed by atoms with Gasteiger partial charge in [-0.05, 0) is 148 Å². The van der Waals surface area contributed by atoms with Crippen molar-refractivity contribution >= 4 is 42.1 Å². The average molecular weight is 1270 g/mol. The first kappa shape index (κ1) is 84.3. The van der Waals surface area contributed by atoms with Gasteiger partial charge < -0.3 is 70.9 Å². The van der Waals surface area contributed by atoms with Gasteiger partial charge in [0.15, 0.2) is 6.10 Å². The van der Waals surface area contributed by atoms with Crippen LogP contribution in [0.15, 0.2) is 0 Å². The van der Waals surface area contributed by atoms with E-state index in [9.17, 15) is 54.0 Å². The van der Waals surface area contributed by atoms with E-state index in [4.69, 9.17) is 18.9 Å². The van der Waals surface area contributed by atoms with Gasteiger partial charge in [-0.2, -0.15) is 0 Å². The molecule has 0 aromatic rings. The minimum atomic E-state index is -1.80. The van der Waals surface area contributed by atoms with Crippen LogP contribution in [0.5, 0.6) is 0 Å². The largest absolute Gasteiger partial charge is 0.444 e. The number of unbranched alkanes of at least 4 members (excludes halogenated alkanes) is 21. The lowest BCUT2D eigenvalue weighted by Gasteiger charge is -2.40. The molecule has 2 unspecified atom stereocenters. The molecule has 0 saturated heterocycles. The first-order valence-electron chi connectivity index (χ1n) is 34.1. The summed E-state index contributed by atoms with van der Waals surface area (Å²) in [6, 6.07) is 0. The first-order valence-corrected chi connectivity index (χ1v) is 34.1. The fourth-order valence-electron chi connectivity index (χ4n) is 9.78. The van der Waals surface area contributed by atoms with E-state index < -0.39 is 89.2 Å². The van der Waals surface area contributed by atoms with Crippen molar-refractivity contribution in [3.63, 3.8) is 0 Å². The number of nitrogens with zero attached hydrogens (tertiary/aromatic N) is 2. The van der Waals surface area contributed by atoms with Crippen molar-refractivity contribution in [2.24, 2.45) is 5.92 Å². The summed E-state index contributed by atoms with van der Waals surface area (Å²) in [5, 5.41) is 53.2. The van der Waals surface area contributed by atoms with Crippen molar-refractivity contribution in [2.45, 2.75) is 336 Å². The van der Waals surface area contributed by atoms with Gasteiger partial charge >= 0.3 is 24.4 Å². The molecule has 522 valence electrons. The second kappa shape index (κ2) is 47.3. The van der Waals surface area contributed by atoms with E-state index in [1.54, 1.807) is 92.9 Å². The van der Waals surface area contributed by atoms with Gasteiger partial charge in [-0.3, -0.25) is 19.3 Å². The van der Waals surface area contributed by atoms with E-state index >= 15 is 0 Å². The quantitative estimate of drug-likeness (QED) is 0.0155. The van der Waals surface area contributed by atoms with Gasteiger partial charge in [-0.25, -0.2) is 19.2 Å². The van der Waals surface area contributed by atoms with E-state index in [1.165, 1.54) is 13.3 Å². The van der Waals surface area contributed by atoms with Gasteiger partial charge in [0.25, 0.3) is 5.91 Å². The van der Waals surface area contributed by atoms with E-state index in [-0.39, 0.29) is 31.4 Å². The molecule has 0 rings (SSSR count). The molecule has 0 aliphatic rings. The predicted molar refractivity (Wildman–Crippen MR) is 350 cm³/mol. The average Bonchev–Trinajstić information content (AvgIpc) is 2.68. The molecule has 22 nitrogen and oxygen atoms in total. The third-order valence-electron chi connectivity index (χ3n) is 14.5. The van der Waals surface area contributed by atoms with Crippen LogP contribution in [0, 0.1) is 5.92 Å². The predicted octanol–water partition coefficient (Wildman–Crippen LogP) is 11.6. The molecule has 0 aliphatic heterocycles. The molecule has 0 fully saturated rings. The SMILES string of the molecule is CCCCN(C(=O)OC(C)(C)C)C(NC(=O)OC(C)(C)C)C(CCCCCCNC(=O)CCCCCCCCCCCNC(=O)CCCCCCCCCCCNC(=O)[C@H](O)[C@@H](O)[C@H](O)[C@@H](C)O)CN(CCCCNC(=O)OC(C)(C)C)C(=O)OC(C)(C)C. The molecular weight excluding hydrogens is 1140 g/mol. The fourth-order valence-corrected chi connectivity index (χ4v) is 9.78. The molecule has 0 aromatic carbocycles. The maximum absolute atomic E-state index is 14.2. The van der Waals surface area contributed by atoms with Crippen molar-refractivity contribution in [3.8, 4) is 0 Å². The number of ether oxygens (including phenoxy) is 4. The van der Waals surface area contributed by atoms with E-state index in [2.05, 4.69) is 26.6 Å². The smallest absolute Gasteiger partial charge is 0.411 e. The number of carbonyl (C=O) groups is 7. The van der Waals surface area contributed by atoms with Gasteiger partial charge in [-0.15, -0.1) is 0 Å². The number of alkyl carbamates (subject to hydrolysis) is 2. The molecule has 6 atom stereocenters. The molecule has 0 aliphatic carbocycles. The lowest BCUT2D eigenvalue weighted by molar-refractivity contribution is -0.145. The number of hydrogen-bond acceptors (Lipinski definition) is 15. The zero-order valence-corrected chi connectivity index (χ0v) is 58.1. The standard InChI is InChI=1S/C67H129N7O15/c1-15-16-49-74(63(85)89-67(12,13)14)58(72-61(83)87-65(6,7)8)52(50-73(62(84)88-66(9,10)11)48-40-39-47-71-60(82)86-64(3,4)5)41-33-29-32-37-45-69-54(77)43-35-27-23-19-17-21-25-30-36-44-68-53(76)42-34-28-24-20-18-22-26-31-38-46-70-59(81)57(80)56(79)55(78)51(2)75/h51-52,55-58,75,78-80H,15-50H2,1-14H3,(H,68,76)(H,69,77)(H,70,81)(H,71,82)(H,72,83)/t51-,52?,55-,56+,57-,58?/m1/s1. The van der Waals surface area contributed by atoms with Crippen LogP contribution in [0.3, 0.4) is 0 Å². The highest BCUT2D eigenvalue weighted by atomic mass is 16.6. The topological polar surface area (TPSA) is 304 Å². The number of amides is 7. The molecule has 0 aromatic heterocycles. The zero-order valence-electron chi connectivity index (χ0n) is 58.1. The monoisotopic (exact) mass is 1270 g/mol. The van der Waals surface area contributed by atoms with Crippen LogP contribution in [-0.4, -0.2) is 171 Å². The highest BCUT2D eigenvalue weighted by Crippen LogP contribution is 2.25. The molecule has 22 heteroatoms. The molecule has 0 heterocycles. The summed E-state index contributed by atoms with van der Waals surface area (Å²) in [5.41, 5.74) is -3.10. The van der Waals surface area contributed by atoms with Gasteiger partial charge in [0, 0.05) is 64.6 Å². The molecule has 9 N–H and O–H groups in total. The summed E-state index contributed by atoms with van der Waals surface area (Å²) in [7, 11) is 0. The number of hydrogen-bond donors (Lipinski definition) is 9. The Morgan fingerprint density at radius 1 is 0.416 bits per heavy atom. The van der Waals surface area contributed by atoms with Crippen molar-refractivity contribution in [1.29, 1.82) is 0 Å². The Bertz CT molecular complexity index is 1930. The molecule has 89 heavy (non-hydrogen) atoms. The molecule has 0 saturated carbocycles. The highest BCUT2D eigenvalue weighted by Gasteiger charge is 2.38. The first-order chi connectivity index (χ1) is 41.7. The van der Waals surface area contributed by atoms with Crippen molar-refractivity contribution in [2.75, 3.05) is 45.8 Å². The summed E-state index contributed by atoms with van der Waals surface area (Å²) >= 11 is 0. The normalized spacial score (nSPS) is 14.0. The zero-order chi connectivity index (χ0) is 67.5. The molecule has 0 spiro atoms. The van der Waals surface area contributed by atoms with Gasteiger partial charge in [0.1, 0.15) is 40.8 Å². The van der Waals surface area contributed by atoms with E-state index in [0.717, 1.165) is 135 Å². The Kier molecular flexibility index (Phi) is 44.8.